The molecular weight excluding hydrogens is 1090 g/mol. The van der Waals surface area contributed by atoms with Crippen molar-refractivity contribution in [1.82, 2.24) is 0 Å². The molecule has 0 unspecified atom stereocenters. The van der Waals surface area contributed by atoms with Crippen molar-refractivity contribution in [2.45, 2.75) is 358 Å². The summed E-state index contributed by atoms with van der Waals surface area (Å²) < 4.78 is 65.8. The van der Waals surface area contributed by atoms with Crippen LogP contribution in [0.2, 0.25) is 0 Å². The summed E-state index contributed by atoms with van der Waals surface area (Å²) in [5.41, 5.74) is 2.22. The van der Waals surface area contributed by atoms with Crippen LogP contribution in [0, 0.1) is 0 Å². The van der Waals surface area contributed by atoms with Gasteiger partial charge in [0.15, 0.2) is 0 Å². The summed E-state index contributed by atoms with van der Waals surface area (Å²) >= 11 is 0. The van der Waals surface area contributed by atoms with Gasteiger partial charge in [-0.25, -0.2) is 16.8 Å². The molecule has 0 aliphatic carbocycles. The quantitative estimate of drug-likeness (QED) is 0.0370. The van der Waals surface area contributed by atoms with Crippen LogP contribution in [0.15, 0.2) is 58.3 Å². The zero-order valence-corrected chi connectivity index (χ0v) is 55.4. The van der Waals surface area contributed by atoms with Gasteiger partial charge in [-0.1, -0.05) is 346 Å². The van der Waals surface area contributed by atoms with Gasteiger partial charge < -0.3 is 9.11 Å². The van der Waals surface area contributed by atoms with Crippen LogP contribution in [0.5, 0.6) is 0 Å². The Kier molecular flexibility index (Phi) is 55.6. The van der Waals surface area contributed by atoms with Crippen LogP contribution >= 0.6 is 0 Å². The minimum absolute atomic E-state index is 0. The Balaban J connectivity index is 0.00000144. The predicted molar refractivity (Wildman–Crippen MR) is 324 cm³/mol. The molecule has 75 heavy (non-hydrogen) atoms. The van der Waals surface area contributed by atoms with Gasteiger partial charge >= 0.3 is 48.9 Å². The Morgan fingerprint density at radius 3 is 0.507 bits per heavy atom. The number of benzene rings is 2. The molecule has 0 N–H and O–H groups in total. The second-order valence-electron chi connectivity index (χ2n) is 22.7. The molecule has 0 spiro atoms. The van der Waals surface area contributed by atoms with Crippen molar-refractivity contribution in [1.29, 1.82) is 0 Å². The van der Waals surface area contributed by atoms with E-state index < -0.39 is 20.2 Å². The fraction of sp³-hybridized carbons (Fsp3) is 0.818. The van der Waals surface area contributed by atoms with E-state index in [4.69, 9.17) is 0 Å². The molecule has 0 amide bonds. The molecule has 0 aromatic heterocycles. The minimum atomic E-state index is -4.33. The van der Waals surface area contributed by atoms with Crippen LogP contribution in [0.1, 0.15) is 346 Å². The Labute approximate surface area is 507 Å². The van der Waals surface area contributed by atoms with Crippen molar-refractivity contribution in [3.63, 3.8) is 0 Å². The molecule has 2 rings (SSSR count). The van der Waals surface area contributed by atoms with Crippen molar-refractivity contribution in [2.24, 2.45) is 0 Å². The fourth-order valence-electron chi connectivity index (χ4n) is 10.6. The summed E-state index contributed by atoms with van der Waals surface area (Å²) in [6, 6.07) is 12.8. The molecule has 0 saturated heterocycles. The van der Waals surface area contributed by atoms with Crippen molar-refractivity contribution >= 4 is 69.1 Å². The summed E-state index contributed by atoms with van der Waals surface area (Å²) in [5, 5.41) is 0. The maximum absolute atomic E-state index is 11.0. The molecule has 0 saturated carbocycles. The van der Waals surface area contributed by atoms with Crippen LogP contribution in [-0.4, -0.2) is 74.8 Å². The van der Waals surface area contributed by atoms with Gasteiger partial charge in [-0.05, 0) is 61.1 Å². The first-order valence-electron chi connectivity index (χ1n) is 32.2. The summed E-state index contributed by atoms with van der Waals surface area (Å²) in [7, 11) is -8.66. The average molecular weight is 1210 g/mol. The van der Waals surface area contributed by atoms with Crippen molar-refractivity contribution < 1.29 is 25.9 Å². The zero-order chi connectivity index (χ0) is 53.7. The molecular formula is C66H118BaO6S2. The Morgan fingerprint density at radius 1 is 0.240 bits per heavy atom. The third-order valence-corrected chi connectivity index (χ3v) is 17.3. The SMILES string of the molecule is CCCCCCCCCCCCCCCCCCCCCCCCCCCc1ccc(S(=O)(=O)[O-])cc1.CCCCCCCCCCCCCCCCCCCCCCCCCCCc1ccc(S(=O)(=O)[O-])cc1.[Ba+2]. The van der Waals surface area contributed by atoms with Gasteiger partial charge in [-0.2, -0.15) is 0 Å². The Bertz CT molecular complexity index is 1560. The van der Waals surface area contributed by atoms with Gasteiger partial charge in [0.2, 0.25) is 0 Å². The maximum Gasteiger partial charge on any atom is 2.00 e. The van der Waals surface area contributed by atoms with E-state index in [9.17, 15) is 25.9 Å². The number of hydrogen-bond acceptors (Lipinski definition) is 6. The van der Waals surface area contributed by atoms with E-state index in [-0.39, 0.29) is 58.7 Å². The topological polar surface area (TPSA) is 114 Å². The number of unbranched alkanes of at least 4 members (excludes halogenated alkanes) is 48. The molecule has 0 aliphatic heterocycles. The normalized spacial score (nSPS) is 11.7. The summed E-state index contributed by atoms with van der Waals surface area (Å²) in [6.07, 6.45) is 72.0. The second-order valence-corrected chi connectivity index (χ2v) is 25.4. The summed E-state index contributed by atoms with van der Waals surface area (Å²) in [4.78, 5) is -0.267. The fourth-order valence-corrected chi connectivity index (χ4v) is 11.5. The number of aryl methyl sites for hydroxylation is 2. The summed E-state index contributed by atoms with van der Waals surface area (Å²) in [5.74, 6) is 0. The molecule has 2 aromatic rings. The second kappa shape index (κ2) is 55.7. The van der Waals surface area contributed by atoms with Gasteiger partial charge in [0.25, 0.3) is 0 Å². The Hall–Kier alpha value is -0.169. The van der Waals surface area contributed by atoms with Gasteiger partial charge in [0, 0.05) is 0 Å². The molecule has 0 fully saturated rings. The summed E-state index contributed by atoms with van der Waals surface area (Å²) in [6.45, 7) is 4.58. The van der Waals surface area contributed by atoms with E-state index in [0.717, 1.165) is 36.8 Å². The van der Waals surface area contributed by atoms with Gasteiger partial charge in [-0.3, -0.25) is 0 Å². The predicted octanol–water partition coefficient (Wildman–Crippen LogP) is 21.4. The number of rotatable bonds is 54. The van der Waals surface area contributed by atoms with E-state index in [1.807, 2.05) is 0 Å². The van der Waals surface area contributed by atoms with Crippen LogP contribution in [-0.2, 0) is 33.1 Å². The monoisotopic (exact) mass is 1210 g/mol. The third kappa shape index (κ3) is 51.7. The van der Waals surface area contributed by atoms with E-state index in [0.29, 0.717) is 0 Å². The molecule has 0 heterocycles. The molecule has 432 valence electrons. The van der Waals surface area contributed by atoms with Gasteiger partial charge in [-0.15, -0.1) is 0 Å². The molecule has 2 aromatic carbocycles. The molecule has 6 nitrogen and oxygen atoms in total. The molecule has 0 radical (unpaired) electrons. The van der Waals surface area contributed by atoms with E-state index >= 15 is 0 Å². The van der Waals surface area contributed by atoms with Crippen LogP contribution in [0.4, 0.5) is 0 Å². The van der Waals surface area contributed by atoms with E-state index in [1.54, 1.807) is 24.3 Å². The molecule has 0 bridgehead atoms. The van der Waals surface area contributed by atoms with Crippen LogP contribution in [0.3, 0.4) is 0 Å². The van der Waals surface area contributed by atoms with Crippen molar-refractivity contribution in [3.8, 4) is 0 Å². The largest absolute Gasteiger partial charge is 2.00 e. The van der Waals surface area contributed by atoms with E-state index in [2.05, 4.69) is 13.8 Å². The standard InChI is InChI=1S/2C33H60O3S.Ba/c2*1-2-3-4-5-6-7-8-9-10-11-12-13-14-15-16-17-18-19-20-21-22-23-24-25-26-27-32-28-30-33(31-29-32)37(34,35)36;/h2*28-31H,2-27H2,1H3,(H,34,35,36);/q;;+2/p-2. The van der Waals surface area contributed by atoms with E-state index in [1.165, 1.54) is 332 Å². The molecule has 0 atom stereocenters. The Morgan fingerprint density at radius 2 is 0.373 bits per heavy atom. The first kappa shape index (κ1) is 74.8. The first-order chi connectivity index (χ1) is 36.1. The number of hydrogen-bond donors (Lipinski definition) is 0. The minimum Gasteiger partial charge on any atom is -0.744 e. The van der Waals surface area contributed by atoms with Gasteiger partial charge in [0.1, 0.15) is 20.2 Å². The average Bonchev–Trinajstić information content (AvgIpc) is 3.38. The maximum atomic E-state index is 11.0. The van der Waals surface area contributed by atoms with Crippen LogP contribution in [0.25, 0.3) is 0 Å². The van der Waals surface area contributed by atoms with Crippen molar-refractivity contribution in [3.05, 3.63) is 59.7 Å². The smallest absolute Gasteiger partial charge is 0.744 e. The first-order valence-corrected chi connectivity index (χ1v) is 35.0. The zero-order valence-electron chi connectivity index (χ0n) is 49.4. The molecule has 0 aliphatic rings. The molecule has 9 heteroatoms. The van der Waals surface area contributed by atoms with Crippen LogP contribution < -0.4 is 0 Å². The van der Waals surface area contributed by atoms with Gasteiger partial charge in [0.05, 0.1) is 9.79 Å². The third-order valence-electron chi connectivity index (χ3n) is 15.6. The van der Waals surface area contributed by atoms with Crippen molar-refractivity contribution in [2.75, 3.05) is 0 Å².